The van der Waals surface area contributed by atoms with E-state index in [4.69, 9.17) is 14.4 Å². The molecule has 0 radical (unpaired) electrons. The summed E-state index contributed by atoms with van der Waals surface area (Å²) in [6.45, 7) is 2.36. The zero-order valence-corrected chi connectivity index (χ0v) is 31.4. The quantitative estimate of drug-likeness (QED) is 0.171. The van der Waals surface area contributed by atoms with Gasteiger partial charge < -0.3 is 4.42 Å². The third-order valence-electron chi connectivity index (χ3n) is 11.8. The molecule has 3 nitrogen and oxygen atoms in total. The minimum Gasteiger partial charge on any atom is -0.456 e. The third kappa shape index (κ3) is 5.43. The summed E-state index contributed by atoms with van der Waals surface area (Å²) >= 11 is 0. The van der Waals surface area contributed by atoms with Crippen molar-refractivity contribution < 1.29 is 4.42 Å². The minimum absolute atomic E-state index is 0.365. The van der Waals surface area contributed by atoms with Crippen molar-refractivity contribution in [2.75, 3.05) is 0 Å². The van der Waals surface area contributed by atoms with Crippen LogP contribution in [-0.2, 0) is 5.41 Å². The second-order valence-corrected chi connectivity index (χ2v) is 15.1. The summed E-state index contributed by atoms with van der Waals surface area (Å²) in [5, 5.41) is 2.27. The van der Waals surface area contributed by atoms with E-state index < -0.39 is 0 Å². The van der Waals surface area contributed by atoms with E-state index in [-0.39, 0.29) is 5.41 Å². The molecule has 0 amide bonds. The van der Waals surface area contributed by atoms with Crippen molar-refractivity contribution in [3.63, 3.8) is 0 Å². The summed E-state index contributed by atoms with van der Waals surface area (Å²) < 4.78 is 6.10. The Labute approximate surface area is 331 Å². The van der Waals surface area contributed by atoms with E-state index in [9.17, 15) is 0 Å². The van der Waals surface area contributed by atoms with Crippen molar-refractivity contribution in [2.24, 2.45) is 0 Å². The number of nitrogens with zero attached hydrogens (tertiary/aromatic N) is 2. The van der Waals surface area contributed by atoms with Gasteiger partial charge in [0.1, 0.15) is 11.2 Å². The van der Waals surface area contributed by atoms with Crippen molar-refractivity contribution in [3.05, 3.63) is 217 Å². The van der Waals surface area contributed by atoms with Crippen LogP contribution in [0.15, 0.2) is 205 Å². The molecule has 1 aliphatic carbocycles. The molecule has 0 N–H and O–H groups in total. The van der Waals surface area contributed by atoms with Crippen LogP contribution >= 0.6 is 0 Å². The summed E-state index contributed by atoms with van der Waals surface area (Å²) in [6, 6.07) is 71.1. The average molecular weight is 729 g/mol. The Hall–Kier alpha value is -7.36. The molecule has 2 heterocycles. The number of benzene rings is 8. The second-order valence-electron chi connectivity index (χ2n) is 15.1. The van der Waals surface area contributed by atoms with Gasteiger partial charge in [-0.2, -0.15) is 0 Å². The van der Waals surface area contributed by atoms with Crippen LogP contribution in [0.25, 0.3) is 89.2 Å². The minimum atomic E-state index is -0.365. The molecule has 0 saturated carbocycles. The molecule has 1 unspecified atom stereocenters. The molecule has 0 aliphatic heterocycles. The lowest BCUT2D eigenvalue weighted by atomic mass is 9.72. The summed E-state index contributed by atoms with van der Waals surface area (Å²) in [5.41, 5.74) is 17.4. The molecule has 11 rings (SSSR count). The molecule has 1 atom stereocenters. The van der Waals surface area contributed by atoms with Crippen molar-refractivity contribution in [3.8, 4) is 67.3 Å². The van der Waals surface area contributed by atoms with Crippen molar-refractivity contribution in [1.29, 1.82) is 0 Å². The largest absolute Gasteiger partial charge is 0.456 e. The maximum atomic E-state index is 6.10. The van der Waals surface area contributed by atoms with Crippen LogP contribution in [0.5, 0.6) is 0 Å². The molecule has 2 aromatic heterocycles. The van der Waals surface area contributed by atoms with Gasteiger partial charge in [0.2, 0.25) is 0 Å². The lowest BCUT2D eigenvalue weighted by molar-refractivity contribution is 0.669. The highest BCUT2D eigenvalue weighted by Gasteiger charge is 2.42. The lowest BCUT2D eigenvalue weighted by Gasteiger charge is -2.30. The SMILES string of the molecule is CC1(c2ccccc2)c2ccccc2-c2cccc(-c3cc(-c4ccc(-c5cccc(-c6ccc7oc8ccccc8c7c6)c5)cc4)nc(-c4ccccc4)n3)c21. The molecule has 10 aromatic rings. The molecular formula is C54H36N2O. The van der Waals surface area contributed by atoms with Crippen LogP contribution in [0.1, 0.15) is 23.6 Å². The van der Waals surface area contributed by atoms with E-state index >= 15 is 0 Å². The van der Waals surface area contributed by atoms with Gasteiger partial charge in [0.15, 0.2) is 5.82 Å². The molecule has 57 heavy (non-hydrogen) atoms. The number of aromatic nitrogens is 2. The Morgan fingerprint density at radius 3 is 1.81 bits per heavy atom. The first-order valence-corrected chi connectivity index (χ1v) is 19.5. The number of hydrogen-bond acceptors (Lipinski definition) is 3. The standard InChI is InChI=1S/C54H36N2O/c1-54(41-18-6-3-7-19-41)47-24-10-8-20-42(47)44-22-13-23-45(52(44)54)49-34-48(55-53(56-49)37-14-4-2-5-15-37)36-28-26-35(27-29-36)38-16-12-17-39(32-38)40-30-31-51-46(33-40)43-21-9-11-25-50(43)57-51/h2-34H,1H3. The fraction of sp³-hybridized carbons (Fsp3) is 0.0370. The van der Waals surface area contributed by atoms with E-state index in [0.717, 1.165) is 72.3 Å². The van der Waals surface area contributed by atoms with Gasteiger partial charge in [0, 0.05) is 32.9 Å². The molecular weight excluding hydrogens is 693 g/mol. The summed E-state index contributed by atoms with van der Waals surface area (Å²) in [7, 11) is 0. The number of fused-ring (bicyclic) bond motifs is 6. The Morgan fingerprint density at radius 2 is 0.965 bits per heavy atom. The van der Waals surface area contributed by atoms with Gasteiger partial charge in [-0.3, -0.25) is 0 Å². The maximum absolute atomic E-state index is 6.10. The van der Waals surface area contributed by atoms with Gasteiger partial charge >= 0.3 is 0 Å². The molecule has 0 saturated heterocycles. The molecule has 1 aliphatic rings. The van der Waals surface area contributed by atoms with Crippen LogP contribution in [0, 0.1) is 0 Å². The molecule has 3 heteroatoms. The monoisotopic (exact) mass is 728 g/mol. The van der Waals surface area contributed by atoms with E-state index in [2.05, 4.69) is 177 Å². The molecule has 0 fully saturated rings. The number of furan rings is 1. The predicted molar refractivity (Wildman–Crippen MR) is 234 cm³/mol. The van der Waals surface area contributed by atoms with Crippen LogP contribution in [0.4, 0.5) is 0 Å². The fourth-order valence-electron chi connectivity index (χ4n) is 8.96. The Bertz CT molecular complexity index is 3130. The van der Waals surface area contributed by atoms with Crippen LogP contribution in [0.2, 0.25) is 0 Å². The fourth-order valence-corrected chi connectivity index (χ4v) is 8.96. The zero-order valence-electron chi connectivity index (χ0n) is 31.4. The summed E-state index contributed by atoms with van der Waals surface area (Å²) in [4.78, 5) is 10.5. The predicted octanol–water partition coefficient (Wildman–Crippen LogP) is 14.0. The zero-order chi connectivity index (χ0) is 37.9. The molecule has 268 valence electrons. The normalized spacial score (nSPS) is 14.5. The van der Waals surface area contributed by atoms with E-state index in [0.29, 0.717) is 5.82 Å². The lowest BCUT2D eigenvalue weighted by Crippen LogP contribution is -2.23. The van der Waals surface area contributed by atoms with E-state index in [1.54, 1.807) is 0 Å². The maximum Gasteiger partial charge on any atom is 0.160 e. The highest BCUT2D eigenvalue weighted by Crippen LogP contribution is 2.55. The van der Waals surface area contributed by atoms with Crippen LogP contribution in [0.3, 0.4) is 0 Å². The van der Waals surface area contributed by atoms with Gasteiger partial charge in [0.25, 0.3) is 0 Å². The number of hydrogen-bond donors (Lipinski definition) is 0. The Kier molecular flexibility index (Phi) is 7.61. The van der Waals surface area contributed by atoms with Gasteiger partial charge in [-0.1, -0.05) is 170 Å². The molecule has 0 spiro atoms. The van der Waals surface area contributed by atoms with E-state index in [1.165, 1.54) is 27.8 Å². The smallest absolute Gasteiger partial charge is 0.160 e. The molecule has 0 bridgehead atoms. The Morgan fingerprint density at radius 1 is 0.386 bits per heavy atom. The summed E-state index contributed by atoms with van der Waals surface area (Å²) in [6.07, 6.45) is 0. The van der Waals surface area contributed by atoms with Crippen LogP contribution in [-0.4, -0.2) is 9.97 Å². The second kappa shape index (κ2) is 13.1. The van der Waals surface area contributed by atoms with Crippen molar-refractivity contribution in [1.82, 2.24) is 9.97 Å². The third-order valence-corrected chi connectivity index (χ3v) is 11.8. The Balaban J connectivity index is 1.01. The molecule has 8 aromatic carbocycles. The number of para-hydroxylation sites is 1. The van der Waals surface area contributed by atoms with Gasteiger partial charge in [-0.05, 0) is 87.3 Å². The topological polar surface area (TPSA) is 38.9 Å². The van der Waals surface area contributed by atoms with E-state index in [1.807, 2.05) is 30.3 Å². The number of rotatable bonds is 6. The van der Waals surface area contributed by atoms with Gasteiger partial charge in [0.05, 0.1) is 11.4 Å². The first-order valence-electron chi connectivity index (χ1n) is 19.5. The highest BCUT2D eigenvalue weighted by molar-refractivity contribution is 6.06. The van der Waals surface area contributed by atoms with Gasteiger partial charge in [-0.15, -0.1) is 0 Å². The van der Waals surface area contributed by atoms with Crippen LogP contribution < -0.4 is 0 Å². The average Bonchev–Trinajstić information content (AvgIpc) is 3.80. The van der Waals surface area contributed by atoms with Crippen molar-refractivity contribution in [2.45, 2.75) is 12.3 Å². The summed E-state index contributed by atoms with van der Waals surface area (Å²) in [5.74, 6) is 0.705. The van der Waals surface area contributed by atoms with Gasteiger partial charge in [-0.25, -0.2) is 9.97 Å². The first kappa shape index (κ1) is 33.0. The highest BCUT2D eigenvalue weighted by atomic mass is 16.3. The van der Waals surface area contributed by atoms with Crippen molar-refractivity contribution >= 4 is 21.9 Å². The first-order chi connectivity index (χ1) is 28.1.